The Morgan fingerprint density at radius 1 is 1.27 bits per heavy atom. The van der Waals surface area contributed by atoms with Crippen LogP contribution in [-0.2, 0) is 17.8 Å². The minimum Gasteiger partial charge on any atom is -0.329 e. The van der Waals surface area contributed by atoms with Crippen molar-refractivity contribution < 1.29 is 4.79 Å². The summed E-state index contributed by atoms with van der Waals surface area (Å²) in [7, 11) is 0. The first-order valence-electron chi connectivity index (χ1n) is 8.10. The van der Waals surface area contributed by atoms with Gasteiger partial charge in [-0.1, -0.05) is 47.2 Å². The van der Waals surface area contributed by atoms with Crippen LogP contribution >= 0.6 is 22.9 Å². The molecule has 26 heavy (non-hydrogen) atoms. The maximum Gasteiger partial charge on any atom is 0.210 e. The second kappa shape index (κ2) is 6.97. The molecule has 0 spiro atoms. The molecule has 1 aromatic heterocycles. The van der Waals surface area contributed by atoms with E-state index in [0.717, 1.165) is 32.9 Å². The van der Waals surface area contributed by atoms with Crippen molar-refractivity contribution in [3.63, 3.8) is 0 Å². The minimum atomic E-state index is 0.136. The van der Waals surface area contributed by atoms with Crippen molar-refractivity contribution in [2.75, 3.05) is 5.32 Å². The molecule has 5 nitrogen and oxygen atoms in total. The van der Waals surface area contributed by atoms with Crippen molar-refractivity contribution in [2.45, 2.75) is 19.9 Å². The number of aromatic nitrogens is 2. The van der Waals surface area contributed by atoms with Gasteiger partial charge in [0, 0.05) is 23.8 Å². The average molecular weight is 383 g/mol. The molecule has 0 saturated carbocycles. The van der Waals surface area contributed by atoms with Crippen molar-refractivity contribution in [3.8, 4) is 10.6 Å². The molecule has 2 heterocycles. The van der Waals surface area contributed by atoms with Crippen molar-refractivity contribution in [2.24, 2.45) is 4.99 Å². The predicted octanol–water partition coefficient (Wildman–Crippen LogP) is 4.67. The van der Waals surface area contributed by atoms with Gasteiger partial charge < -0.3 is 5.32 Å². The third kappa shape index (κ3) is 3.38. The quantitative estimate of drug-likeness (QED) is 0.696. The minimum absolute atomic E-state index is 0.136. The molecule has 0 amide bonds. The van der Waals surface area contributed by atoms with Gasteiger partial charge in [-0.3, -0.25) is 9.79 Å². The normalized spacial score (nSPS) is 12.2. The monoisotopic (exact) mass is 382 g/mol. The summed E-state index contributed by atoms with van der Waals surface area (Å²) in [5.74, 6) is 0.136. The van der Waals surface area contributed by atoms with E-state index in [4.69, 9.17) is 11.6 Å². The van der Waals surface area contributed by atoms with E-state index in [1.165, 1.54) is 11.3 Å². The van der Waals surface area contributed by atoms with Crippen molar-refractivity contribution in [1.82, 2.24) is 10.2 Å². The molecule has 2 aromatic carbocycles. The van der Waals surface area contributed by atoms with Crippen LogP contribution in [0.4, 0.5) is 10.8 Å². The van der Waals surface area contributed by atoms with E-state index in [0.29, 0.717) is 23.1 Å². The highest BCUT2D eigenvalue weighted by Gasteiger charge is 2.15. The van der Waals surface area contributed by atoms with E-state index in [9.17, 15) is 4.79 Å². The molecule has 1 aliphatic heterocycles. The number of carbonyl (C=O) groups excluding carboxylic acids is 1. The molecule has 7 heteroatoms. The molecule has 0 radical (unpaired) electrons. The zero-order chi connectivity index (χ0) is 18.1. The molecule has 4 rings (SSSR count). The van der Waals surface area contributed by atoms with Crippen LogP contribution in [0.2, 0.25) is 5.02 Å². The third-order valence-electron chi connectivity index (χ3n) is 4.05. The smallest absolute Gasteiger partial charge is 0.210 e. The molecule has 3 aromatic rings. The Bertz CT molecular complexity index is 1030. The van der Waals surface area contributed by atoms with Crippen LogP contribution in [0.3, 0.4) is 0 Å². The maximum atomic E-state index is 11.3. The van der Waals surface area contributed by atoms with Crippen LogP contribution in [0.25, 0.3) is 10.6 Å². The van der Waals surface area contributed by atoms with Crippen molar-refractivity contribution in [3.05, 3.63) is 58.1 Å². The molecule has 1 N–H and O–H groups in total. The standard InChI is InChI=1S/C19H15ClN4OS/c1-11(25)7-12-3-2-4-13(8-12)18-23-24-19(26-18)22-16-6-5-14-9-21-10-15(14)17(16)20/h2-6,8,10H,7,9H2,1H3,(H,22,24). The molecule has 0 saturated heterocycles. The number of rotatable bonds is 5. The highest BCUT2D eigenvalue weighted by molar-refractivity contribution is 7.18. The molecule has 0 fully saturated rings. The zero-order valence-corrected chi connectivity index (χ0v) is 15.6. The number of ketones is 1. The molecule has 0 aliphatic carbocycles. The summed E-state index contributed by atoms with van der Waals surface area (Å²) in [6.07, 6.45) is 2.22. The predicted molar refractivity (Wildman–Crippen MR) is 106 cm³/mol. The number of benzene rings is 2. The fraction of sp³-hybridized carbons (Fsp3) is 0.158. The topological polar surface area (TPSA) is 67.2 Å². The van der Waals surface area contributed by atoms with E-state index >= 15 is 0 Å². The second-order valence-corrected chi connectivity index (χ2v) is 7.44. The first kappa shape index (κ1) is 16.9. The second-order valence-electron chi connectivity index (χ2n) is 6.09. The number of halogens is 1. The Morgan fingerprint density at radius 2 is 2.15 bits per heavy atom. The van der Waals surface area contributed by atoms with Gasteiger partial charge in [0.05, 0.1) is 17.3 Å². The first-order chi connectivity index (χ1) is 12.6. The Kier molecular flexibility index (Phi) is 4.53. The lowest BCUT2D eigenvalue weighted by atomic mass is 10.1. The van der Waals surface area contributed by atoms with Crippen LogP contribution in [0.1, 0.15) is 23.6 Å². The summed E-state index contributed by atoms with van der Waals surface area (Å²) in [6, 6.07) is 11.8. The largest absolute Gasteiger partial charge is 0.329 e. The molecular weight excluding hydrogens is 368 g/mol. The fourth-order valence-corrected chi connectivity index (χ4v) is 3.88. The Labute approximate surface area is 159 Å². The van der Waals surface area contributed by atoms with Gasteiger partial charge in [-0.15, -0.1) is 10.2 Å². The number of nitrogens with zero attached hydrogens (tertiary/aromatic N) is 3. The lowest BCUT2D eigenvalue weighted by molar-refractivity contribution is -0.116. The third-order valence-corrected chi connectivity index (χ3v) is 5.34. The maximum absolute atomic E-state index is 11.3. The van der Waals surface area contributed by atoms with Gasteiger partial charge in [0.25, 0.3) is 0 Å². The average Bonchev–Trinajstić information content (AvgIpc) is 3.27. The highest BCUT2D eigenvalue weighted by atomic mass is 35.5. The lowest BCUT2D eigenvalue weighted by Crippen LogP contribution is -1.95. The van der Waals surface area contributed by atoms with Gasteiger partial charge in [-0.05, 0) is 30.2 Å². The molecule has 1 aliphatic rings. The molecule has 0 unspecified atom stereocenters. The number of aliphatic imine (C=N–C) groups is 1. The number of fused-ring (bicyclic) bond motifs is 1. The van der Waals surface area contributed by atoms with E-state index < -0.39 is 0 Å². The SMILES string of the molecule is CC(=O)Cc1cccc(-c2nnc(Nc3ccc4c(c3Cl)C=NC4)s2)c1. The van der Waals surface area contributed by atoms with Gasteiger partial charge in [-0.25, -0.2) is 0 Å². The number of anilines is 2. The van der Waals surface area contributed by atoms with Gasteiger partial charge in [0.2, 0.25) is 5.13 Å². The number of nitrogens with one attached hydrogen (secondary N) is 1. The molecule has 0 atom stereocenters. The van der Waals surface area contributed by atoms with E-state index in [2.05, 4.69) is 20.5 Å². The number of carbonyl (C=O) groups is 1. The van der Waals surface area contributed by atoms with Crippen molar-refractivity contribution >= 4 is 45.8 Å². The lowest BCUT2D eigenvalue weighted by Gasteiger charge is -2.08. The summed E-state index contributed by atoms with van der Waals surface area (Å²) >= 11 is 7.91. The summed E-state index contributed by atoms with van der Waals surface area (Å²) < 4.78 is 0. The van der Waals surface area contributed by atoms with Gasteiger partial charge in [0.15, 0.2) is 0 Å². The summed E-state index contributed by atoms with van der Waals surface area (Å²) in [5.41, 5.74) is 4.79. The van der Waals surface area contributed by atoms with Crippen LogP contribution < -0.4 is 5.32 Å². The Hall–Kier alpha value is -2.57. The summed E-state index contributed by atoms with van der Waals surface area (Å²) in [6.45, 7) is 2.26. The number of hydrogen-bond donors (Lipinski definition) is 1. The van der Waals surface area contributed by atoms with Gasteiger partial charge in [-0.2, -0.15) is 0 Å². The van der Waals surface area contributed by atoms with Crippen LogP contribution in [-0.4, -0.2) is 22.2 Å². The number of hydrogen-bond acceptors (Lipinski definition) is 6. The number of Topliss-reactive ketones (excluding diaryl/α,β-unsaturated/α-hetero) is 1. The molecule has 0 bridgehead atoms. The molecular formula is C19H15ClN4OS. The van der Waals surface area contributed by atoms with Gasteiger partial charge >= 0.3 is 0 Å². The van der Waals surface area contributed by atoms with Crippen molar-refractivity contribution in [1.29, 1.82) is 0 Å². The summed E-state index contributed by atoms with van der Waals surface area (Å²) in [5, 5.41) is 13.8. The summed E-state index contributed by atoms with van der Waals surface area (Å²) in [4.78, 5) is 15.6. The molecule has 130 valence electrons. The van der Waals surface area contributed by atoms with E-state index in [1.54, 1.807) is 13.1 Å². The highest BCUT2D eigenvalue weighted by Crippen LogP contribution is 2.34. The zero-order valence-electron chi connectivity index (χ0n) is 14.0. The Balaban J connectivity index is 1.58. The van der Waals surface area contributed by atoms with E-state index in [1.807, 2.05) is 36.4 Å². The van der Waals surface area contributed by atoms with E-state index in [-0.39, 0.29) is 5.78 Å². The first-order valence-corrected chi connectivity index (χ1v) is 9.30. The Morgan fingerprint density at radius 3 is 3.00 bits per heavy atom. The van der Waals surface area contributed by atoms with Crippen LogP contribution in [0.15, 0.2) is 41.4 Å². The fourth-order valence-electron chi connectivity index (χ4n) is 2.85. The van der Waals surface area contributed by atoms with Crippen LogP contribution in [0.5, 0.6) is 0 Å². The van der Waals surface area contributed by atoms with Gasteiger partial charge in [0.1, 0.15) is 10.8 Å². The van der Waals surface area contributed by atoms with Crippen LogP contribution in [0, 0.1) is 0 Å².